The molecular weight excluding hydrogens is 260 g/mol. The molecule has 1 aliphatic rings. The third kappa shape index (κ3) is 2.98. The SMILES string of the molecule is Cc1ncc(CNc2ccc3c(c2)OCCCO3)s1. The van der Waals surface area contributed by atoms with Gasteiger partial charge < -0.3 is 14.8 Å². The normalized spacial score (nSPS) is 13.9. The Hall–Kier alpha value is -1.75. The second-order valence-corrected chi connectivity index (χ2v) is 5.73. The molecule has 2 aromatic rings. The highest BCUT2D eigenvalue weighted by Crippen LogP contribution is 2.32. The van der Waals surface area contributed by atoms with E-state index in [0.29, 0.717) is 6.61 Å². The maximum Gasteiger partial charge on any atom is 0.163 e. The molecule has 0 saturated heterocycles. The lowest BCUT2D eigenvalue weighted by atomic mass is 10.2. The molecule has 0 spiro atoms. The molecule has 0 aliphatic carbocycles. The lowest BCUT2D eigenvalue weighted by Gasteiger charge is -2.10. The minimum Gasteiger partial charge on any atom is -0.490 e. The van der Waals surface area contributed by atoms with Gasteiger partial charge in [0.15, 0.2) is 11.5 Å². The van der Waals surface area contributed by atoms with Gasteiger partial charge in [0.25, 0.3) is 0 Å². The molecule has 1 aliphatic heterocycles. The van der Waals surface area contributed by atoms with Crippen LogP contribution in [0, 0.1) is 6.92 Å². The van der Waals surface area contributed by atoms with Gasteiger partial charge in [-0.15, -0.1) is 11.3 Å². The first-order chi connectivity index (χ1) is 9.31. The Morgan fingerprint density at radius 3 is 2.89 bits per heavy atom. The number of nitrogens with zero attached hydrogens (tertiary/aromatic N) is 1. The fourth-order valence-corrected chi connectivity index (χ4v) is 2.68. The van der Waals surface area contributed by atoms with E-state index in [1.54, 1.807) is 11.3 Å². The number of aromatic nitrogens is 1. The molecule has 0 bridgehead atoms. The Bertz CT molecular complexity index is 568. The van der Waals surface area contributed by atoms with Crippen LogP contribution < -0.4 is 14.8 Å². The minimum atomic E-state index is 0.713. The van der Waals surface area contributed by atoms with Gasteiger partial charge in [-0.05, 0) is 19.1 Å². The molecule has 0 radical (unpaired) electrons. The van der Waals surface area contributed by atoms with Crippen molar-refractivity contribution in [2.24, 2.45) is 0 Å². The van der Waals surface area contributed by atoms with Gasteiger partial charge in [0.05, 0.1) is 24.8 Å². The molecule has 0 amide bonds. The van der Waals surface area contributed by atoms with Crippen LogP contribution in [0.5, 0.6) is 11.5 Å². The van der Waals surface area contributed by atoms with Crippen LogP contribution in [-0.2, 0) is 6.54 Å². The molecule has 100 valence electrons. The molecule has 3 rings (SSSR count). The quantitative estimate of drug-likeness (QED) is 0.934. The first-order valence-electron chi connectivity index (χ1n) is 6.36. The average Bonchev–Trinajstić information content (AvgIpc) is 2.70. The van der Waals surface area contributed by atoms with E-state index < -0.39 is 0 Å². The highest BCUT2D eigenvalue weighted by Gasteiger charge is 2.10. The summed E-state index contributed by atoms with van der Waals surface area (Å²) in [6, 6.07) is 5.97. The van der Waals surface area contributed by atoms with Gasteiger partial charge in [-0.1, -0.05) is 0 Å². The number of rotatable bonds is 3. The number of fused-ring (bicyclic) bond motifs is 1. The summed E-state index contributed by atoms with van der Waals surface area (Å²) in [5.74, 6) is 1.65. The Morgan fingerprint density at radius 2 is 2.11 bits per heavy atom. The van der Waals surface area contributed by atoms with Crippen LogP contribution in [0.2, 0.25) is 0 Å². The van der Waals surface area contributed by atoms with Crippen LogP contribution in [0.25, 0.3) is 0 Å². The van der Waals surface area contributed by atoms with E-state index in [2.05, 4.69) is 10.3 Å². The number of aryl methyl sites for hydroxylation is 1. The third-order valence-electron chi connectivity index (χ3n) is 2.88. The topological polar surface area (TPSA) is 43.4 Å². The second kappa shape index (κ2) is 5.48. The Labute approximate surface area is 116 Å². The molecule has 19 heavy (non-hydrogen) atoms. The minimum absolute atomic E-state index is 0.713. The van der Waals surface area contributed by atoms with Gasteiger partial charge in [0, 0.05) is 29.2 Å². The Morgan fingerprint density at radius 1 is 1.26 bits per heavy atom. The lowest BCUT2D eigenvalue weighted by molar-refractivity contribution is 0.297. The van der Waals surface area contributed by atoms with E-state index in [-0.39, 0.29) is 0 Å². The Kier molecular flexibility index (Phi) is 3.55. The molecule has 0 unspecified atom stereocenters. The summed E-state index contributed by atoms with van der Waals surface area (Å²) >= 11 is 1.71. The summed E-state index contributed by atoms with van der Waals surface area (Å²) in [5.41, 5.74) is 1.04. The molecule has 1 N–H and O–H groups in total. The number of benzene rings is 1. The average molecular weight is 276 g/mol. The van der Waals surface area contributed by atoms with E-state index in [4.69, 9.17) is 9.47 Å². The smallest absolute Gasteiger partial charge is 0.163 e. The lowest BCUT2D eigenvalue weighted by Crippen LogP contribution is -1.99. The summed E-state index contributed by atoms with van der Waals surface area (Å²) in [7, 11) is 0. The predicted molar refractivity (Wildman–Crippen MR) is 76.2 cm³/mol. The van der Waals surface area contributed by atoms with Crippen LogP contribution in [-0.4, -0.2) is 18.2 Å². The zero-order valence-electron chi connectivity index (χ0n) is 10.8. The van der Waals surface area contributed by atoms with E-state index in [1.807, 2.05) is 31.3 Å². The predicted octanol–water partition coefficient (Wildman–Crippen LogP) is 3.22. The van der Waals surface area contributed by atoms with Crippen molar-refractivity contribution in [3.63, 3.8) is 0 Å². The van der Waals surface area contributed by atoms with E-state index in [9.17, 15) is 0 Å². The first-order valence-corrected chi connectivity index (χ1v) is 7.18. The molecule has 2 heterocycles. The molecule has 4 nitrogen and oxygen atoms in total. The number of hydrogen-bond acceptors (Lipinski definition) is 5. The molecule has 0 saturated carbocycles. The van der Waals surface area contributed by atoms with Gasteiger partial charge in [0.1, 0.15) is 0 Å². The van der Waals surface area contributed by atoms with Crippen molar-refractivity contribution < 1.29 is 9.47 Å². The van der Waals surface area contributed by atoms with Crippen molar-refractivity contribution in [3.05, 3.63) is 34.3 Å². The molecule has 0 atom stereocenters. The van der Waals surface area contributed by atoms with E-state index in [1.165, 1.54) is 4.88 Å². The summed E-state index contributed by atoms with van der Waals surface area (Å²) < 4.78 is 11.3. The number of thiazole rings is 1. The van der Waals surface area contributed by atoms with Crippen molar-refractivity contribution in [1.29, 1.82) is 0 Å². The zero-order valence-corrected chi connectivity index (χ0v) is 11.6. The van der Waals surface area contributed by atoms with Gasteiger partial charge >= 0.3 is 0 Å². The van der Waals surface area contributed by atoms with Crippen molar-refractivity contribution in [2.75, 3.05) is 18.5 Å². The standard InChI is InChI=1S/C14H16N2O2S/c1-10-15-8-12(19-10)9-16-11-3-4-13-14(7-11)18-6-2-5-17-13/h3-4,7-8,16H,2,5-6,9H2,1H3. The second-order valence-electron chi connectivity index (χ2n) is 4.41. The molecule has 1 aromatic heterocycles. The van der Waals surface area contributed by atoms with Crippen LogP contribution in [0.4, 0.5) is 5.69 Å². The van der Waals surface area contributed by atoms with Crippen molar-refractivity contribution in [2.45, 2.75) is 19.9 Å². The van der Waals surface area contributed by atoms with Gasteiger partial charge in [-0.25, -0.2) is 4.98 Å². The van der Waals surface area contributed by atoms with Crippen molar-refractivity contribution in [3.8, 4) is 11.5 Å². The van der Waals surface area contributed by atoms with E-state index in [0.717, 1.165) is 41.8 Å². The Balaban J connectivity index is 1.69. The van der Waals surface area contributed by atoms with Crippen molar-refractivity contribution >= 4 is 17.0 Å². The number of hydrogen-bond donors (Lipinski definition) is 1. The van der Waals surface area contributed by atoms with Crippen molar-refractivity contribution in [1.82, 2.24) is 4.98 Å². The van der Waals surface area contributed by atoms with E-state index >= 15 is 0 Å². The fourth-order valence-electron chi connectivity index (χ4n) is 1.95. The summed E-state index contributed by atoms with van der Waals surface area (Å²) in [6.07, 6.45) is 2.84. The van der Waals surface area contributed by atoms with Crippen LogP contribution in [0.1, 0.15) is 16.3 Å². The molecular formula is C14H16N2O2S. The molecule has 5 heteroatoms. The third-order valence-corrected chi connectivity index (χ3v) is 3.80. The zero-order chi connectivity index (χ0) is 13.1. The number of ether oxygens (including phenoxy) is 2. The highest BCUT2D eigenvalue weighted by atomic mass is 32.1. The van der Waals surface area contributed by atoms with Gasteiger partial charge in [-0.3, -0.25) is 0 Å². The van der Waals surface area contributed by atoms with Crippen LogP contribution >= 0.6 is 11.3 Å². The molecule has 0 fully saturated rings. The molecule has 1 aromatic carbocycles. The van der Waals surface area contributed by atoms with Gasteiger partial charge in [0.2, 0.25) is 0 Å². The largest absolute Gasteiger partial charge is 0.490 e. The maximum atomic E-state index is 5.67. The fraction of sp³-hybridized carbons (Fsp3) is 0.357. The summed E-state index contributed by atoms with van der Waals surface area (Å²) in [4.78, 5) is 5.47. The number of anilines is 1. The van der Waals surface area contributed by atoms with Crippen LogP contribution in [0.3, 0.4) is 0 Å². The maximum absolute atomic E-state index is 5.67. The monoisotopic (exact) mass is 276 g/mol. The summed E-state index contributed by atoms with van der Waals surface area (Å²) in [6.45, 7) is 4.23. The number of nitrogens with one attached hydrogen (secondary N) is 1. The van der Waals surface area contributed by atoms with Crippen LogP contribution in [0.15, 0.2) is 24.4 Å². The first kappa shape index (κ1) is 12.3. The summed E-state index contributed by atoms with van der Waals surface area (Å²) in [5, 5.41) is 4.47. The van der Waals surface area contributed by atoms with Gasteiger partial charge in [-0.2, -0.15) is 0 Å². The highest BCUT2D eigenvalue weighted by molar-refractivity contribution is 7.11.